The highest BCUT2D eigenvalue weighted by molar-refractivity contribution is 5.96. The van der Waals surface area contributed by atoms with Crippen LogP contribution in [0.25, 0.3) is 0 Å². The Morgan fingerprint density at radius 1 is 1.33 bits per heavy atom. The van der Waals surface area contributed by atoms with Gasteiger partial charge in [0.1, 0.15) is 5.56 Å². The quantitative estimate of drug-likeness (QED) is 0.798. The zero-order valence-corrected chi connectivity index (χ0v) is 10.1. The van der Waals surface area contributed by atoms with Gasteiger partial charge in [0.25, 0.3) is 5.91 Å². The molecule has 2 rings (SSSR count). The first-order chi connectivity index (χ1) is 8.59. The van der Waals surface area contributed by atoms with Crippen LogP contribution in [0.4, 0.5) is 4.79 Å². The number of amides is 1. The highest BCUT2D eigenvalue weighted by atomic mass is 16.7. The summed E-state index contributed by atoms with van der Waals surface area (Å²) in [6.45, 7) is 1.39. The molecule has 0 radical (unpaired) electrons. The second-order valence-corrected chi connectivity index (χ2v) is 4.21. The lowest BCUT2D eigenvalue weighted by atomic mass is 10.1. The van der Waals surface area contributed by atoms with Gasteiger partial charge < -0.3 is 14.7 Å². The number of carbonyl (C=O) groups excluding carboxylic acids is 1. The monoisotopic (exact) mass is 253 g/mol. The molecule has 7 heteroatoms. The maximum Gasteiger partial charge on any atom is 0.512 e. The molecule has 1 amide bonds. The summed E-state index contributed by atoms with van der Waals surface area (Å²) in [5.74, 6) is -0.253. The van der Waals surface area contributed by atoms with Crippen LogP contribution in [0.15, 0.2) is 6.20 Å². The van der Waals surface area contributed by atoms with Crippen LogP contribution in [0.2, 0.25) is 0 Å². The van der Waals surface area contributed by atoms with Crippen molar-refractivity contribution in [2.24, 2.45) is 7.05 Å². The Morgan fingerprint density at radius 3 is 2.61 bits per heavy atom. The first-order valence-electron chi connectivity index (χ1n) is 5.81. The van der Waals surface area contributed by atoms with Crippen molar-refractivity contribution in [1.29, 1.82) is 0 Å². The van der Waals surface area contributed by atoms with Gasteiger partial charge in [-0.1, -0.05) is 0 Å². The smallest absolute Gasteiger partial charge is 0.449 e. The summed E-state index contributed by atoms with van der Waals surface area (Å²) in [6, 6.07) is 0. The lowest BCUT2D eigenvalue weighted by Gasteiger charge is -2.26. The van der Waals surface area contributed by atoms with Crippen molar-refractivity contribution >= 4 is 12.1 Å². The zero-order chi connectivity index (χ0) is 13.1. The molecule has 0 aliphatic carbocycles. The van der Waals surface area contributed by atoms with Crippen LogP contribution < -0.4 is 4.74 Å². The fraction of sp³-hybridized carbons (Fsp3) is 0.545. The molecule has 1 aromatic heterocycles. The van der Waals surface area contributed by atoms with Gasteiger partial charge in [-0.15, -0.1) is 0 Å². The second-order valence-electron chi connectivity index (χ2n) is 4.21. The molecule has 0 atom stereocenters. The van der Waals surface area contributed by atoms with Gasteiger partial charge in [0.2, 0.25) is 5.88 Å². The van der Waals surface area contributed by atoms with Crippen molar-refractivity contribution in [1.82, 2.24) is 14.7 Å². The lowest BCUT2D eigenvalue weighted by Crippen LogP contribution is -2.35. The van der Waals surface area contributed by atoms with Gasteiger partial charge in [0.05, 0.1) is 6.20 Å². The number of aryl methyl sites for hydroxylation is 1. The number of ether oxygens (including phenoxy) is 1. The predicted octanol–water partition coefficient (Wildman–Crippen LogP) is 1.10. The van der Waals surface area contributed by atoms with Crippen LogP contribution in [-0.4, -0.2) is 44.9 Å². The first-order valence-corrected chi connectivity index (χ1v) is 5.81. The average molecular weight is 253 g/mol. The van der Waals surface area contributed by atoms with Crippen LogP contribution in [0.5, 0.6) is 5.88 Å². The number of aromatic nitrogens is 2. The molecule has 0 spiro atoms. The van der Waals surface area contributed by atoms with Crippen molar-refractivity contribution in [2.75, 3.05) is 13.1 Å². The van der Waals surface area contributed by atoms with Gasteiger partial charge in [0.15, 0.2) is 0 Å². The van der Waals surface area contributed by atoms with Gasteiger partial charge >= 0.3 is 6.16 Å². The van der Waals surface area contributed by atoms with E-state index in [4.69, 9.17) is 5.11 Å². The van der Waals surface area contributed by atoms with Crippen LogP contribution in [0.1, 0.15) is 29.6 Å². The molecular weight excluding hydrogens is 238 g/mol. The van der Waals surface area contributed by atoms with Crippen molar-refractivity contribution in [3.63, 3.8) is 0 Å². The molecule has 0 unspecified atom stereocenters. The summed E-state index contributed by atoms with van der Waals surface area (Å²) >= 11 is 0. The molecular formula is C11H15N3O4. The third-order valence-electron chi connectivity index (χ3n) is 2.94. The predicted molar refractivity (Wildman–Crippen MR) is 61.6 cm³/mol. The molecule has 1 aromatic rings. The SMILES string of the molecule is Cn1ncc(C(=O)N2CCCCC2)c1OC(=O)O. The Kier molecular flexibility index (Phi) is 3.50. The maximum absolute atomic E-state index is 12.2. The third kappa shape index (κ3) is 2.44. The van der Waals surface area contributed by atoms with E-state index in [0.29, 0.717) is 13.1 Å². The minimum absolute atomic E-state index is 0.0296. The van der Waals surface area contributed by atoms with E-state index in [-0.39, 0.29) is 17.4 Å². The normalized spacial score (nSPS) is 15.5. The Bertz CT molecular complexity index is 463. The molecule has 1 N–H and O–H groups in total. The second kappa shape index (κ2) is 5.07. The summed E-state index contributed by atoms with van der Waals surface area (Å²) < 4.78 is 5.84. The van der Waals surface area contributed by atoms with Gasteiger partial charge in [-0.05, 0) is 19.3 Å². The highest BCUT2D eigenvalue weighted by Crippen LogP contribution is 2.21. The van der Waals surface area contributed by atoms with Crippen LogP contribution in [0, 0.1) is 0 Å². The Morgan fingerprint density at radius 2 is 2.00 bits per heavy atom. The van der Waals surface area contributed by atoms with Crippen LogP contribution in [-0.2, 0) is 7.05 Å². The van der Waals surface area contributed by atoms with Gasteiger partial charge in [-0.3, -0.25) is 4.79 Å². The average Bonchev–Trinajstić information content (AvgIpc) is 2.71. The van der Waals surface area contributed by atoms with Crippen molar-refractivity contribution in [3.05, 3.63) is 11.8 Å². The molecule has 0 saturated carbocycles. The fourth-order valence-corrected chi connectivity index (χ4v) is 2.04. The van der Waals surface area contributed by atoms with Crippen molar-refractivity contribution in [3.8, 4) is 5.88 Å². The Balaban J connectivity index is 2.21. The molecule has 1 aliphatic rings. The van der Waals surface area contributed by atoms with E-state index < -0.39 is 6.16 Å². The topological polar surface area (TPSA) is 84.7 Å². The number of rotatable bonds is 2. The standard InChI is InChI=1S/C11H15N3O4/c1-13-10(18-11(16)17)8(7-12-13)9(15)14-5-3-2-4-6-14/h7H,2-6H2,1H3,(H,16,17). The number of nitrogens with zero attached hydrogens (tertiary/aromatic N) is 3. The summed E-state index contributed by atoms with van der Waals surface area (Å²) in [7, 11) is 1.53. The van der Waals surface area contributed by atoms with Crippen LogP contribution in [0.3, 0.4) is 0 Å². The summed E-state index contributed by atoms with van der Waals surface area (Å²) in [4.78, 5) is 24.5. The number of carboxylic acid groups (broad SMARTS) is 1. The summed E-state index contributed by atoms with van der Waals surface area (Å²) in [5.41, 5.74) is 0.196. The molecule has 7 nitrogen and oxygen atoms in total. The molecule has 0 aromatic carbocycles. The van der Waals surface area contributed by atoms with E-state index in [1.54, 1.807) is 4.90 Å². The minimum atomic E-state index is -1.45. The summed E-state index contributed by atoms with van der Waals surface area (Å²) in [6.07, 6.45) is 2.96. The first kappa shape index (κ1) is 12.4. The van der Waals surface area contributed by atoms with E-state index in [1.807, 2.05) is 0 Å². The number of piperidine rings is 1. The molecule has 98 valence electrons. The molecule has 0 bridgehead atoms. The Labute approximate surface area is 104 Å². The largest absolute Gasteiger partial charge is 0.512 e. The molecule has 1 saturated heterocycles. The molecule has 1 fully saturated rings. The number of hydrogen-bond acceptors (Lipinski definition) is 4. The molecule has 2 heterocycles. The number of hydrogen-bond donors (Lipinski definition) is 1. The number of carbonyl (C=O) groups is 2. The molecule has 1 aliphatic heterocycles. The minimum Gasteiger partial charge on any atom is -0.449 e. The van der Waals surface area contributed by atoms with Gasteiger partial charge in [-0.25, -0.2) is 9.48 Å². The van der Waals surface area contributed by atoms with E-state index in [2.05, 4.69) is 9.84 Å². The third-order valence-corrected chi connectivity index (χ3v) is 2.94. The maximum atomic E-state index is 12.2. The van der Waals surface area contributed by atoms with E-state index >= 15 is 0 Å². The van der Waals surface area contributed by atoms with Crippen LogP contribution >= 0.6 is 0 Å². The van der Waals surface area contributed by atoms with E-state index in [1.165, 1.54) is 17.9 Å². The number of likely N-dealkylation sites (tertiary alicyclic amines) is 1. The molecule has 18 heavy (non-hydrogen) atoms. The summed E-state index contributed by atoms with van der Waals surface area (Å²) in [5, 5.41) is 12.5. The zero-order valence-electron chi connectivity index (χ0n) is 10.1. The van der Waals surface area contributed by atoms with Crippen molar-refractivity contribution in [2.45, 2.75) is 19.3 Å². The lowest BCUT2D eigenvalue weighted by molar-refractivity contribution is 0.0720. The highest BCUT2D eigenvalue weighted by Gasteiger charge is 2.25. The van der Waals surface area contributed by atoms with Crippen molar-refractivity contribution < 1.29 is 19.4 Å². The Hall–Kier alpha value is -2.05. The van der Waals surface area contributed by atoms with Gasteiger partial charge in [0, 0.05) is 20.1 Å². The fourth-order valence-electron chi connectivity index (χ4n) is 2.04. The van der Waals surface area contributed by atoms with Gasteiger partial charge in [-0.2, -0.15) is 5.10 Å². The van der Waals surface area contributed by atoms with E-state index in [9.17, 15) is 9.59 Å². The van der Waals surface area contributed by atoms with E-state index in [0.717, 1.165) is 19.3 Å².